The number of carbonyl (C=O) groups excluding carboxylic acids is 1. The maximum Gasteiger partial charge on any atom is 0.322 e. The molecule has 1 atom stereocenters. The summed E-state index contributed by atoms with van der Waals surface area (Å²) in [6.07, 6.45) is 6.35. The van der Waals surface area contributed by atoms with Gasteiger partial charge in [-0.15, -0.1) is 10.2 Å². The average molecular weight is 394 g/mol. The molecule has 2 amide bonds. The Hall–Kier alpha value is -1.79. The lowest BCUT2D eigenvalue weighted by molar-refractivity contribution is 0.203. The highest BCUT2D eigenvalue weighted by Gasteiger charge is 2.34. The molecule has 8 heteroatoms. The van der Waals surface area contributed by atoms with E-state index in [4.69, 9.17) is 23.2 Å². The Bertz CT molecular complexity index is 822. The van der Waals surface area contributed by atoms with Crippen LogP contribution in [0, 0.1) is 0 Å². The SMILES string of the molecule is O=C(Nc1ccc(Cl)c(Cl)c1)N1CCC[C@H]1c1nnc2n1CCCCC2. The molecule has 1 fully saturated rings. The van der Waals surface area contributed by atoms with Gasteiger partial charge in [0.1, 0.15) is 5.82 Å². The molecule has 1 aromatic carbocycles. The van der Waals surface area contributed by atoms with E-state index < -0.39 is 0 Å². The number of hydrogen-bond donors (Lipinski definition) is 1. The number of amides is 2. The summed E-state index contributed by atoms with van der Waals surface area (Å²) < 4.78 is 2.22. The third-order valence-corrected chi connectivity index (χ3v) is 5.86. The summed E-state index contributed by atoms with van der Waals surface area (Å²) >= 11 is 12.0. The largest absolute Gasteiger partial charge is 0.322 e. The molecule has 4 rings (SSSR count). The van der Waals surface area contributed by atoms with Gasteiger partial charge in [-0.25, -0.2) is 4.79 Å². The van der Waals surface area contributed by atoms with E-state index in [9.17, 15) is 4.79 Å². The number of carbonyl (C=O) groups is 1. The van der Waals surface area contributed by atoms with Crippen molar-refractivity contribution in [3.63, 3.8) is 0 Å². The van der Waals surface area contributed by atoms with Crippen LogP contribution in [0.2, 0.25) is 10.0 Å². The summed E-state index contributed by atoms with van der Waals surface area (Å²) in [7, 11) is 0. The molecule has 0 spiro atoms. The highest BCUT2D eigenvalue weighted by atomic mass is 35.5. The molecule has 138 valence electrons. The van der Waals surface area contributed by atoms with Crippen molar-refractivity contribution in [2.75, 3.05) is 11.9 Å². The number of nitrogens with zero attached hydrogens (tertiary/aromatic N) is 4. The highest BCUT2D eigenvalue weighted by molar-refractivity contribution is 6.42. The van der Waals surface area contributed by atoms with Crippen molar-refractivity contribution in [1.82, 2.24) is 19.7 Å². The Kier molecular flexibility index (Phi) is 5.05. The number of anilines is 1. The Morgan fingerprint density at radius 3 is 2.81 bits per heavy atom. The second-order valence-corrected chi connectivity index (χ2v) is 7.66. The van der Waals surface area contributed by atoms with Crippen molar-refractivity contribution in [2.24, 2.45) is 0 Å². The van der Waals surface area contributed by atoms with Crippen molar-refractivity contribution < 1.29 is 4.79 Å². The third kappa shape index (κ3) is 3.40. The van der Waals surface area contributed by atoms with Crippen molar-refractivity contribution in [3.05, 3.63) is 39.9 Å². The van der Waals surface area contributed by atoms with Crippen molar-refractivity contribution in [3.8, 4) is 0 Å². The second kappa shape index (κ2) is 7.45. The number of rotatable bonds is 2. The zero-order chi connectivity index (χ0) is 18.1. The first-order valence-electron chi connectivity index (χ1n) is 9.08. The third-order valence-electron chi connectivity index (χ3n) is 5.12. The van der Waals surface area contributed by atoms with Gasteiger partial charge < -0.3 is 14.8 Å². The minimum Gasteiger partial charge on any atom is -0.314 e. The number of hydrogen-bond acceptors (Lipinski definition) is 3. The van der Waals surface area contributed by atoms with E-state index >= 15 is 0 Å². The van der Waals surface area contributed by atoms with Gasteiger partial charge >= 0.3 is 6.03 Å². The Morgan fingerprint density at radius 1 is 1.08 bits per heavy atom. The fourth-order valence-electron chi connectivity index (χ4n) is 3.80. The van der Waals surface area contributed by atoms with Gasteiger partial charge in [0.05, 0.1) is 16.1 Å². The summed E-state index contributed by atoms with van der Waals surface area (Å²) in [4.78, 5) is 14.7. The average Bonchev–Trinajstić information content (AvgIpc) is 3.19. The first-order chi connectivity index (χ1) is 12.6. The quantitative estimate of drug-likeness (QED) is 0.805. The maximum absolute atomic E-state index is 12.8. The summed E-state index contributed by atoms with van der Waals surface area (Å²) in [5, 5.41) is 12.6. The Labute approximate surface area is 162 Å². The number of aryl methyl sites for hydroxylation is 1. The molecule has 6 nitrogen and oxygen atoms in total. The van der Waals surface area contributed by atoms with Gasteiger partial charge in [0.15, 0.2) is 5.82 Å². The molecule has 0 bridgehead atoms. The normalized spacial score (nSPS) is 19.9. The number of likely N-dealkylation sites (tertiary alicyclic amines) is 1. The van der Waals surface area contributed by atoms with Crippen molar-refractivity contribution in [1.29, 1.82) is 0 Å². The van der Waals surface area contributed by atoms with Crippen LogP contribution in [0.5, 0.6) is 0 Å². The van der Waals surface area contributed by atoms with E-state index in [0.29, 0.717) is 22.3 Å². The molecule has 2 aliphatic heterocycles. The summed E-state index contributed by atoms with van der Waals surface area (Å²) in [6.45, 7) is 1.65. The van der Waals surface area contributed by atoms with Crippen LogP contribution in [-0.2, 0) is 13.0 Å². The molecule has 1 saturated heterocycles. The molecule has 2 aliphatic rings. The lowest BCUT2D eigenvalue weighted by atomic mass is 10.2. The van der Waals surface area contributed by atoms with Gasteiger partial charge in [-0.1, -0.05) is 29.6 Å². The zero-order valence-electron chi connectivity index (χ0n) is 14.4. The molecule has 2 aromatic rings. The minimum absolute atomic E-state index is 0.0304. The van der Waals surface area contributed by atoms with Gasteiger partial charge in [-0.2, -0.15) is 0 Å². The van der Waals surface area contributed by atoms with Crippen LogP contribution >= 0.6 is 23.2 Å². The van der Waals surface area contributed by atoms with E-state index in [-0.39, 0.29) is 12.1 Å². The van der Waals surface area contributed by atoms with Crippen LogP contribution in [-0.4, -0.2) is 32.2 Å². The second-order valence-electron chi connectivity index (χ2n) is 6.85. The standard InChI is InChI=1S/C18H21Cl2N5O/c19-13-8-7-12(11-14(13)20)21-18(26)24-10-4-5-15(24)17-23-22-16-6-2-1-3-9-25(16)17/h7-8,11,15H,1-6,9-10H2,(H,21,26)/t15-/m0/s1. The molecule has 0 saturated carbocycles. The molecule has 0 aliphatic carbocycles. The predicted octanol–water partition coefficient (Wildman–Crippen LogP) is 4.68. The lowest BCUT2D eigenvalue weighted by Gasteiger charge is -2.25. The first kappa shape index (κ1) is 17.6. The van der Waals surface area contributed by atoms with Crippen LogP contribution < -0.4 is 5.32 Å². The van der Waals surface area contributed by atoms with Crippen LogP contribution in [0.25, 0.3) is 0 Å². The van der Waals surface area contributed by atoms with Crippen LogP contribution in [0.15, 0.2) is 18.2 Å². The Balaban J connectivity index is 1.54. The molecule has 0 radical (unpaired) electrons. The number of urea groups is 1. The number of benzene rings is 1. The number of nitrogens with one attached hydrogen (secondary N) is 1. The summed E-state index contributed by atoms with van der Waals surface area (Å²) in [5.41, 5.74) is 0.634. The van der Waals surface area contributed by atoms with Crippen LogP contribution in [0.3, 0.4) is 0 Å². The highest BCUT2D eigenvalue weighted by Crippen LogP contribution is 2.33. The van der Waals surface area contributed by atoms with Crippen molar-refractivity contribution in [2.45, 2.75) is 51.1 Å². The van der Waals surface area contributed by atoms with Gasteiger partial charge in [-0.05, 0) is 43.9 Å². The first-order valence-corrected chi connectivity index (χ1v) is 9.84. The fraction of sp³-hybridized carbons (Fsp3) is 0.500. The number of fused-ring (bicyclic) bond motifs is 1. The lowest BCUT2D eigenvalue weighted by Crippen LogP contribution is -2.35. The molecule has 0 unspecified atom stereocenters. The zero-order valence-corrected chi connectivity index (χ0v) is 15.9. The molecular weight excluding hydrogens is 373 g/mol. The fourth-order valence-corrected chi connectivity index (χ4v) is 4.10. The molecular formula is C18H21Cl2N5O. The van der Waals surface area contributed by atoms with Gasteiger partial charge in [-0.3, -0.25) is 0 Å². The molecule has 1 N–H and O–H groups in total. The molecule has 26 heavy (non-hydrogen) atoms. The molecule has 1 aromatic heterocycles. The van der Waals surface area contributed by atoms with Crippen LogP contribution in [0.4, 0.5) is 10.5 Å². The number of aromatic nitrogens is 3. The van der Waals surface area contributed by atoms with Gasteiger partial charge in [0.2, 0.25) is 0 Å². The van der Waals surface area contributed by atoms with E-state index in [0.717, 1.165) is 50.3 Å². The predicted molar refractivity (Wildman–Crippen MR) is 102 cm³/mol. The summed E-state index contributed by atoms with van der Waals surface area (Å²) in [5.74, 6) is 1.97. The minimum atomic E-state index is -0.142. The summed E-state index contributed by atoms with van der Waals surface area (Å²) in [6, 6.07) is 4.92. The smallest absolute Gasteiger partial charge is 0.314 e. The number of halogens is 2. The molecule has 3 heterocycles. The maximum atomic E-state index is 12.8. The monoisotopic (exact) mass is 393 g/mol. The van der Waals surface area contributed by atoms with E-state index in [1.165, 1.54) is 6.42 Å². The van der Waals surface area contributed by atoms with Gasteiger partial charge in [0.25, 0.3) is 0 Å². The van der Waals surface area contributed by atoms with Gasteiger partial charge in [0, 0.05) is 25.2 Å². The van der Waals surface area contributed by atoms with E-state index in [1.54, 1.807) is 18.2 Å². The van der Waals surface area contributed by atoms with Crippen LogP contribution in [0.1, 0.15) is 49.8 Å². The van der Waals surface area contributed by atoms with E-state index in [1.807, 2.05) is 4.90 Å². The topological polar surface area (TPSA) is 63.1 Å². The van der Waals surface area contributed by atoms with E-state index in [2.05, 4.69) is 20.1 Å². The van der Waals surface area contributed by atoms with Crippen molar-refractivity contribution >= 4 is 34.9 Å². The Morgan fingerprint density at radius 2 is 1.96 bits per heavy atom.